The number of nitrogens with zero attached hydrogens (tertiary/aromatic N) is 7. The van der Waals surface area contributed by atoms with Crippen LogP contribution in [0.5, 0.6) is 6.01 Å². The van der Waals surface area contributed by atoms with E-state index in [4.69, 9.17) is 19.4 Å². The minimum Gasteiger partial charge on any atom is -0.458 e. The van der Waals surface area contributed by atoms with Gasteiger partial charge < -0.3 is 24.2 Å². The number of aromatic nitrogens is 3. The van der Waals surface area contributed by atoms with E-state index in [9.17, 15) is 10.1 Å². The van der Waals surface area contributed by atoms with Gasteiger partial charge in [0, 0.05) is 48.7 Å². The summed E-state index contributed by atoms with van der Waals surface area (Å²) in [5.74, 6) is 0.675. The summed E-state index contributed by atoms with van der Waals surface area (Å²) in [6.45, 7) is 11.2. The molecule has 6 rings (SSSR count). The molecule has 2 aliphatic heterocycles. The quantitative estimate of drug-likeness (QED) is 0.355. The van der Waals surface area contributed by atoms with Crippen molar-refractivity contribution in [2.24, 2.45) is 0 Å². The number of anilines is 2. The highest BCUT2D eigenvalue weighted by atomic mass is 16.5. The van der Waals surface area contributed by atoms with Gasteiger partial charge in [0.2, 0.25) is 5.91 Å². The van der Waals surface area contributed by atoms with Crippen LogP contribution in [0.3, 0.4) is 0 Å². The number of piperazine rings is 1. The molecule has 0 spiro atoms. The zero-order chi connectivity index (χ0) is 29.2. The van der Waals surface area contributed by atoms with Gasteiger partial charge in [-0.25, -0.2) is 0 Å². The van der Waals surface area contributed by atoms with Crippen LogP contribution >= 0.6 is 0 Å². The summed E-state index contributed by atoms with van der Waals surface area (Å²) in [6.07, 6.45) is 8.52. The van der Waals surface area contributed by atoms with Crippen LogP contribution in [0.15, 0.2) is 43.2 Å². The third-order valence-corrected chi connectivity index (χ3v) is 8.30. The molecule has 1 aromatic carbocycles. The number of carbonyl (C=O) groups excluding carboxylic acids is 1. The topological polar surface area (TPSA) is 108 Å². The minimum atomic E-state index is -0.250. The molecule has 2 fully saturated rings. The molecule has 0 N–H and O–H groups in total. The van der Waals surface area contributed by atoms with E-state index in [1.54, 1.807) is 4.90 Å². The molecule has 3 aromatic rings. The van der Waals surface area contributed by atoms with E-state index in [2.05, 4.69) is 52.6 Å². The lowest BCUT2D eigenvalue weighted by molar-refractivity contribution is -0.128. The third-order valence-electron chi connectivity index (χ3n) is 8.30. The minimum absolute atomic E-state index is 0.150. The number of aryl methyl sites for hydroxylation is 1. The van der Waals surface area contributed by atoms with Gasteiger partial charge in [0.25, 0.3) is 0 Å². The van der Waals surface area contributed by atoms with E-state index in [-0.39, 0.29) is 24.5 Å². The van der Waals surface area contributed by atoms with E-state index >= 15 is 0 Å². The molecule has 1 saturated carbocycles. The van der Waals surface area contributed by atoms with Crippen molar-refractivity contribution in [1.29, 1.82) is 5.26 Å². The monoisotopic (exact) mass is 567 g/mol. The summed E-state index contributed by atoms with van der Waals surface area (Å²) in [7, 11) is 0. The van der Waals surface area contributed by atoms with Gasteiger partial charge in [-0.1, -0.05) is 24.8 Å². The Morgan fingerprint density at radius 3 is 2.86 bits per heavy atom. The molecule has 0 radical (unpaired) electrons. The van der Waals surface area contributed by atoms with Crippen molar-refractivity contribution < 1.29 is 14.3 Å². The van der Waals surface area contributed by atoms with Crippen LogP contribution in [0, 0.1) is 18.3 Å². The Morgan fingerprint density at radius 2 is 2.07 bits per heavy atom. The number of hydrogen-bond acceptors (Lipinski definition) is 9. The predicted molar refractivity (Wildman–Crippen MR) is 160 cm³/mol. The van der Waals surface area contributed by atoms with Crippen LogP contribution < -0.4 is 14.5 Å². The first-order valence-electron chi connectivity index (χ1n) is 14.8. The maximum atomic E-state index is 12.5. The van der Waals surface area contributed by atoms with Crippen LogP contribution in [-0.2, 0) is 22.5 Å². The number of nitriles is 1. The van der Waals surface area contributed by atoms with E-state index in [1.165, 1.54) is 17.0 Å². The van der Waals surface area contributed by atoms with E-state index in [0.29, 0.717) is 44.9 Å². The van der Waals surface area contributed by atoms with Crippen molar-refractivity contribution in [3.63, 3.8) is 0 Å². The summed E-state index contributed by atoms with van der Waals surface area (Å²) >= 11 is 0. The number of fused-ring (bicyclic) bond motifs is 2. The highest BCUT2D eigenvalue weighted by Crippen LogP contribution is 2.35. The molecule has 0 bridgehead atoms. The SMILES string of the molecule is C=CC(=O)N1CCN(c2nc(O[C@@H](C)COC3CC3)nc3c2CCN(c2cncc4cccc(C)c24)C3)C[C@@H]1CC#N. The van der Waals surface area contributed by atoms with Gasteiger partial charge in [0.05, 0.1) is 55.4 Å². The number of rotatable bonds is 9. The Labute approximate surface area is 246 Å². The maximum Gasteiger partial charge on any atom is 0.319 e. The fourth-order valence-corrected chi connectivity index (χ4v) is 6.00. The Bertz CT molecular complexity index is 1530. The van der Waals surface area contributed by atoms with E-state index in [1.807, 2.05) is 19.3 Å². The third kappa shape index (κ3) is 5.74. The van der Waals surface area contributed by atoms with Gasteiger partial charge in [0.15, 0.2) is 0 Å². The number of carbonyl (C=O) groups is 1. The van der Waals surface area contributed by atoms with Crippen molar-refractivity contribution in [3.8, 4) is 12.1 Å². The van der Waals surface area contributed by atoms with Crippen LogP contribution in [0.2, 0.25) is 0 Å². The lowest BCUT2D eigenvalue weighted by Gasteiger charge is -2.42. The van der Waals surface area contributed by atoms with Gasteiger partial charge in [-0.15, -0.1) is 0 Å². The van der Waals surface area contributed by atoms with Crippen molar-refractivity contribution in [3.05, 3.63) is 60.1 Å². The molecule has 1 saturated heterocycles. The standard InChI is InChI=1S/C32H37N7O3/c1-4-29(40)39-15-14-38(18-24(39)10-12-33)31-26-11-13-37(28-17-34-16-23-7-5-6-21(2)30(23)28)19-27(26)35-32(36-31)42-22(3)20-41-25-8-9-25/h4-7,16-17,22,24-25H,1,8-11,13-15,18-20H2,2-3H3/t22-,24-/m0/s1. The molecule has 218 valence electrons. The van der Waals surface area contributed by atoms with Crippen LogP contribution in [0.1, 0.15) is 43.0 Å². The number of benzene rings is 1. The van der Waals surface area contributed by atoms with Crippen molar-refractivity contribution in [1.82, 2.24) is 19.9 Å². The largest absolute Gasteiger partial charge is 0.458 e. The van der Waals surface area contributed by atoms with Crippen molar-refractivity contribution >= 4 is 28.2 Å². The van der Waals surface area contributed by atoms with Gasteiger partial charge in [0.1, 0.15) is 11.9 Å². The zero-order valence-corrected chi connectivity index (χ0v) is 24.3. The Balaban J connectivity index is 1.33. The summed E-state index contributed by atoms with van der Waals surface area (Å²) < 4.78 is 12.1. The molecule has 1 amide bonds. The normalized spacial score (nSPS) is 19.3. The first-order valence-corrected chi connectivity index (χ1v) is 14.8. The molecule has 3 aliphatic rings. The molecule has 4 heterocycles. The number of pyridine rings is 1. The second-order valence-electron chi connectivity index (χ2n) is 11.4. The Morgan fingerprint density at radius 1 is 1.21 bits per heavy atom. The lowest BCUT2D eigenvalue weighted by Crippen LogP contribution is -2.55. The zero-order valence-electron chi connectivity index (χ0n) is 24.3. The highest BCUT2D eigenvalue weighted by Gasteiger charge is 2.34. The Hall–Kier alpha value is -4.23. The molecule has 10 heteroatoms. The molecular weight excluding hydrogens is 530 g/mol. The molecule has 2 aromatic heterocycles. The van der Waals surface area contributed by atoms with E-state index in [0.717, 1.165) is 54.0 Å². The van der Waals surface area contributed by atoms with Crippen molar-refractivity contribution in [2.45, 2.75) is 64.3 Å². The highest BCUT2D eigenvalue weighted by molar-refractivity contribution is 5.96. The van der Waals surface area contributed by atoms with Crippen LogP contribution in [0.4, 0.5) is 11.5 Å². The van der Waals surface area contributed by atoms with Crippen molar-refractivity contribution in [2.75, 3.05) is 42.6 Å². The molecule has 1 aliphatic carbocycles. The average molecular weight is 568 g/mol. The molecule has 0 unspecified atom stereocenters. The first kappa shape index (κ1) is 27.9. The predicted octanol–water partition coefficient (Wildman–Crippen LogP) is 3.96. The van der Waals surface area contributed by atoms with Gasteiger partial charge in [-0.2, -0.15) is 15.2 Å². The maximum absolute atomic E-state index is 12.5. The number of hydrogen-bond donors (Lipinski definition) is 0. The van der Waals surface area contributed by atoms with Crippen LogP contribution in [-0.4, -0.2) is 76.8 Å². The van der Waals surface area contributed by atoms with Crippen LogP contribution in [0.25, 0.3) is 10.8 Å². The Kier molecular flexibility index (Phi) is 7.94. The summed E-state index contributed by atoms with van der Waals surface area (Å²) in [6, 6.07) is 8.62. The first-order chi connectivity index (χ1) is 20.4. The summed E-state index contributed by atoms with van der Waals surface area (Å²) in [4.78, 5) is 33.2. The summed E-state index contributed by atoms with van der Waals surface area (Å²) in [5.41, 5.74) is 4.31. The van der Waals surface area contributed by atoms with Gasteiger partial charge in [-0.05, 0) is 44.7 Å². The average Bonchev–Trinajstić information content (AvgIpc) is 3.84. The number of amides is 1. The fraction of sp³-hybridized carbons (Fsp3) is 0.469. The second kappa shape index (κ2) is 11.9. The lowest BCUT2D eigenvalue weighted by atomic mass is 10.0. The van der Waals surface area contributed by atoms with E-state index < -0.39 is 0 Å². The molecule has 42 heavy (non-hydrogen) atoms. The molecular formula is C32H37N7O3. The molecule has 10 nitrogen and oxygen atoms in total. The smallest absolute Gasteiger partial charge is 0.319 e. The summed E-state index contributed by atoms with van der Waals surface area (Å²) in [5, 5.41) is 11.8. The van der Waals surface area contributed by atoms with Gasteiger partial charge >= 0.3 is 6.01 Å². The molecule has 2 atom stereocenters. The van der Waals surface area contributed by atoms with Gasteiger partial charge in [-0.3, -0.25) is 9.78 Å². The fourth-order valence-electron chi connectivity index (χ4n) is 6.00. The second-order valence-corrected chi connectivity index (χ2v) is 11.4. The number of ether oxygens (including phenoxy) is 2.